The fourth-order valence-corrected chi connectivity index (χ4v) is 4.86. The third-order valence-corrected chi connectivity index (χ3v) is 10.6. The number of carbonyl (C=O) groups excluding carboxylic acids is 2. The van der Waals surface area contributed by atoms with Crippen molar-refractivity contribution in [1.82, 2.24) is 0 Å². The van der Waals surface area contributed by atoms with Crippen molar-refractivity contribution in [2.24, 2.45) is 5.41 Å². The van der Waals surface area contributed by atoms with E-state index < -0.39 is 37.5 Å². The minimum absolute atomic E-state index is 0.0224. The quantitative estimate of drug-likeness (QED) is 0.386. The first-order valence-electron chi connectivity index (χ1n) is 10.0. The lowest BCUT2D eigenvalue weighted by Gasteiger charge is -2.51. The van der Waals surface area contributed by atoms with Crippen LogP contribution < -0.4 is 0 Å². The molecule has 0 amide bonds. The summed E-state index contributed by atoms with van der Waals surface area (Å²) >= 11 is 0. The summed E-state index contributed by atoms with van der Waals surface area (Å²) in [5.41, 5.74) is -2.14. The Morgan fingerprint density at radius 2 is 1.93 bits per heavy atom. The minimum Gasteiger partial charge on any atom is -0.547 e. The van der Waals surface area contributed by atoms with Crippen LogP contribution in [0.2, 0.25) is 18.1 Å². The molecule has 1 saturated heterocycles. The molecule has 0 aromatic carbocycles. The van der Waals surface area contributed by atoms with E-state index in [-0.39, 0.29) is 23.8 Å². The van der Waals surface area contributed by atoms with Crippen molar-refractivity contribution in [3.8, 4) is 0 Å². The van der Waals surface area contributed by atoms with E-state index in [1.54, 1.807) is 13.0 Å². The molecule has 1 heterocycles. The predicted octanol–water partition coefficient (Wildman–Crippen LogP) is 4.00. The molecule has 28 heavy (non-hydrogen) atoms. The second-order valence-electron chi connectivity index (χ2n) is 9.91. The van der Waals surface area contributed by atoms with Crippen molar-refractivity contribution in [1.29, 1.82) is 0 Å². The van der Waals surface area contributed by atoms with Gasteiger partial charge in [0.05, 0.1) is 24.1 Å². The lowest BCUT2D eigenvalue weighted by atomic mass is 9.64. The van der Waals surface area contributed by atoms with Crippen molar-refractivity contribution in [2.75, 3.05) is 13.7 Å². The third kappa shape index (κ3) is 3.93. The lowest BCUT2D eigenvalue weighted by Crippen LogP contribution is -2.65. The SMILES string of the molecule is CCOC(=O)[C@@]12C(=O)CC(C)(C)O[C@@H]1CC(O[Si](C)(C)C(C)(C)C)=C[C@@H]2OC. The average Bonchev–Trinajstić information content (AvgIpc) is 2.51. The molecule has 6 nitrogen and oxygen atoms in total. The van der Waals surface area contributed by atoms with Gasteiger partial charge in [0.25, 0.3) is 0 Å². The minimum atomic E-state index is -2.09. The van der Waals surface area contributed by atoms with Gasteiger partial charge < -0.3 is 18.6 Å². The molecule has 2 aliphatic rings. The second-order valence-corrected chi connectivity index (χ2v) is 14.6. The molecule has 1 aliphatic carbocycles. The Kier molecular flexibility index (Phi) is 6.25. The molecule has 0 saturated carbocycles. The van der Waals surface area contributed by atoms with Gasteiger partial charge in [-0.3, -0.25) is 9.59 Å². The molecule has 0 radical (unpaired) electrons. The Bertz CT molecular complexity index is 660. The molecule has 0 unspecified atom stereocenters. The molecule has 0 N–H and O–H groups in total. The molecule has 160 valence electrons. The van der Waals surface area contributed by atoms with Crippen molar-refractivity contribution in [3.63, 3.8) is 0 Å². The maximum Gasteiger partial charge on any atom is 0.325 e. The predicted molar refractivity (Wildman–Crippen MR) is 109 cm³/mol. The number of hydrogen-bond donors (Lipinski definition) is 0. The summed E-state index contributed by atoms with van der Waals surface area (Å²) in [4.78, 5) is 26.3. The van der Waals surface area contributed by atoms with Crippen LogP contribution in [-0.2, 0) is 28.2 Å². The number of hydrogen-bond acceptors (Lipinski definition) is 6. The summed E-state index contributed by atoms with van der Waals surface area (Å²) in [6.45, 7) is 16.5. The molecule has 0 bridgehead atoms. The van der Waals surface area contributed by atoms with Gasteiger partial charge in [0.1, 0.15) is 6.10 Å². The Labute approximate surface area is 170 Å². The van der Waals surface area contributed by atoms with Gasteiger partial charge in [0, 0.05) is 20.0 Å². The van der Waals surface area contributed by atoms with Crippen molar-refractivity contribution in [3.05, 3.63) is 11.8 Å². The largest absolute Gasteiger partial charge is 0.547 e. The van der Waals surface area contributed by atoms with E-state index in [9.17, 15) is 9.59 Å². The highest BCUT2D eigenvalue weighted by atomic mass is 28.4. The van der Waals surface area contributed by atoms with E-state index in [2.05, 4.69) is 33.9 Å². The third-order valence-electron chi connectivity index (χ3n) is 6.25. The number of methoxy groups -OCH3 is 1. The summed E-state index contributed by atoms with van der Waals surface area (Å²) < 4.78 is 23.7. The molecule has 1 aliphatic heterocycles. The molecule has 0 aromatic rings. The highest BCUT2D eigenvalue weighted by Crippen LogP contribution is 2.49. The van der Waals surface area contributed by atoms with Gasteiger partial charge in [-0.25, -0.2) is 0 Å². The normalized spacial score (nSPS) is 30.3. The molecule has 0 spiro atoms. The zero-order valence-corrected chi connectivity index (χ0v) is 19.8. The van der Waals surface area contributed by atoms with Gasteiger partial charge in [-0.15, -0.1) is 0 Å². The Morgan fingerprint density at radius 3 is 2.43 bits per heavy atom. The highest BCUT2D eigenvalue weighted by molar-refractivity contribution is 6.74. The number of esters is 1. The van der Waals surface area contributed by atoms with E-state index in [1.807, 2.05) is 13.8 Å². The monoisotopic (exact) mass is 412 g/mol. The van der Waals surface area contributed by atoms with Gasteiger partial charge in [-0.2, -0.15) is 0 Å². The smallest absolute Gasteiger partial charge is 0.325 e. The Hall–Kier alpha value is -1.18. The molecule has 1 fully saturated rings. The highest BCUT2D eigenvalue weighted by Gasteiger charge is 2.65. The number of ketones is 1. The fourth-order valence-electron chi connectivity index (χ4n) is 3.75. The van der Waals surface area contributed by atoms with Crippen LogP contribution in [0.15, 0.2) is 11.8 Å². The number of ether oxygens (including phenoxy) is 3. The fraction of sp³-hybridized carbons (Fsp3) is 0.810. The van der Waals surface area contributed by atoms with Gasteiger partial charge >= 0.3 is 5.97 Å². The van der Waals surface area contributed by atoms with Crippen molar-refractivity contribution in [2.45, 2.75) is 90.3 Å². The average molecular weight is 413 g/mol. The van der Waals surface area contributed by atoms with E-state index in [4.69, 9.17) is 18.6 Å². The van der Waals surface area contributed by atoms with Crippen LogP contribution in [0, 0.1) is 5.41 Å². The van der Waals surface area contributed by atoms with Crippen molar-refractivity contribution >= 4 is 20.1 Å². The summed E-state index contributed by atoms with van der Waals surface area (Å²) in [6, 6.07) is 0. The van der Waals surface area contributed by atoms with Crippen LogP contribution in [0.5, 0.6) is 0 Å². The first-order valence-corrected chi connectivity index (χ1v) is 12.9. The first kappa shape index (κ1) is 23.1. The zero-order chi connectivity index (χ0) is 21.5. The number of fused-ring (bicyclic) bond motifs is 1. The summed E-state index contributed by atoms with van der Waals surface area (Å²) in [7, 11) is -0.590. The van der Waals surface area contributed by atoms with Gasteiger partial charge in [-0.1, -0.05) is 20.8 Å². The van der Waals surface area contributed by atoms with Crippen LogP contribution >= 0.6 is 0 Å². The van der Waals surface area contributed by atoms with E-state index >= 15 is 0 Å². The molecular formula is C21H36O6Si. The van der Waals surface area contributed by atoms with Gasteiger partial charge in [0.2, 0.25) is 8.32 Å². The van der Waals surface area contributed by atoms with Gasteiger partial charge in [0.15, 0.2) is 11.2 Å². The second kappa shape index (κ2) is 7.57. The summed E-state index contributed by atoms with van der Waals surface area (Å²) in [5.74, 6) is -0.0366. The zero-order valence-electron chi connectivity index (χ0n) is 18.8. The van der Waals surface area contributed by atoms with Crippen LogP contribution in [0.3, 0.4) is 0 Å². The molecular weight excluding hydrogens is 376 g/mol. The molecule has 3 atom stereocenters. The van der Waals surface area contributed by atoms with E-state index in [1.165, 1.54) is 7.11 Å². The standard InChI is InChI=1S/C21H36O6Si/c1-10-25-18(23)21-15(22)13-20(5,6)26-17(21)12-14(11-16(21)24-7)27-28(8,9)19(2,3)4/h11,16-17H,10,12-13H2,1-9H3/t16-,17+,21+/m0/s1. The summed E-state index contributed by atoms with van der Waals surface area (Å²) in [6.07, 6.45) is 0.800. The molecule has 2 rings (SSSR count). The van der Waals surface area contributed by atoms with Crippen molar-refractivity contribution < 1.29 is 28.2 Å². The van der Waals surface area contributed by atoms with Gasteiger partial charge in [-0.05, 0) is 45.0 Å². The Morgan fingerprint density at radius 1 is 1.32 bits per heavy atom. The van der Waals surface area contributed by atoms with E-state index in [0.29, 0.717) is 6.42 Å². The Balaban J connectivity index is 2.52. The number of Topliss-reactive ketones (excluding diaryl/α,β-unsaturated/α-hetero) is 1. The molecule has 0 aromatic heterocycles. The van der Waals surface area contributed by atoms with Crippen LogP contribution in [0.4, 0.5) is 0 Å². The lowest BCUT2D eigenvalue weighted by molar-refractivity contribution is -0.215. The first-order chi connectivity index (χ1) is 12.7. The maximum absolute atomic E-state index is 13.3. The number of carbonyl (C=O) groups is 2. The number of rotatable bonds is 5. The maximum atomic E-state index is 13.3. The van der Waals surface area contributed by atoms with E-state index in [0.717, 1.165) is 5.76 Å². The van der Waals surface area contributed by atoms with Crippen LogP contribution in [-0.4, -0.2) is 51.6 Å². The van der Waals surface area contributed by atoms with Crippen LogP contribution in [0.1, 0.15) is 54.4 Å². The summed E-state index contributed by atoms with van der Waals surface area (Å²) in [5, 5.41) is 0.0224. The van der Waals surface area contributed by atoms with Crippen LogP contribution in [0.25, 0.3) is 0 Å². The topological polar surface area (TPSA) is 71.1 Å². The molecule has 7 heteroatoms.